The normalized spacial score (nSPS) is 27.0. The summed E-state index contributed by atoms with van der Waals surface area (Å²) in [5.41, 5.74) is 8.80. The quantitative estimate of drug-likeness (QED) is 0.670. The first-order valence-electron chi connectivity index (χ1n) is 6.04. The van der Waals surface area contributed by atoms with Crippen molar-refractivity contribution < 1.29 is 19.1 Å². The summed E-state index contributed by atoms with van der Waals surface area (Å²) in [6.45, 7) is 0.273. The monoisotopic (exact) mass is 255 g/mol. The first-order valence-corrected chi connectivity index (χ1v) is 6.04. The first-order chi connectivity index (χ1) is 8.45. The topological polar surface area (TPSA) is 116 Å². The highest BCUT2D eigenvalue weighted by atomic mass is 16.6. The van der Waals surface area contributed by atoms with E-state index < -0.39 is 23.6 Å². The first kappa shape index (κ1) is 12.7. The van der Waals surface area contributed by atoms with Gasteiger partial charge in [0, 0.05) is 19.4 Å². The largest absolute Gasteiger partial charge is 0.429 e. The van der Waals surface area contributed by atoms with Crippen molar-refractivity contribution >= 4 is 17.9 Å². The predicted molar refractivity (Wildman–Crippen MR) is 60.9 cm³/mol. The second-order valence-electron chi connectivity index (χ2n) is 4.86. The van der Waals surface area contributed by atoms with Crippen LogP contribution in [0.3, 0.4) is 0 Å². The Hall–Kier alpha value is -1.79. The highest BCUT2D eigenvalue weighted by molar-refractivity contribution is 5.90. The third kappa shape index (κ3) is 2.25. The van der Waals surface area contributed by atoms with Gasteiger partial charge in [0.05, 0.1) is 0 Å². The van der Waals surface area contributed by atoms with E-state index in [1.807, 2.05) is 0 Å². The second-order valence-corrected chi connectivity index (χ2v) is 4.86. The number of ether oxygens (including phenoxy) is 1. The molecule has 100 valence electrons. The van der Waals surface area contributed by atoms with Crippen molar-refractivity contribution in [2.24, 2.45) is 17.4 Å². The van der Waals surface area contributed by atoms with Crippen LogP contribution < -0.4 is 11.5 Å². The van der Waals surface area contributed by atoms with Crippen LogP contribution in [0.1, 0.15) is 32.1 Å². The molecule has 3 amide bonds. The molecule has 1 saturated carbocycles. The Morgan fingerprint density at radius 3 is 2.44 bits per heavy atom. The molecule has 2 fully saturated rings. The summed E-state index contributed by atoms with van der Waals surface area (Å²) in [7, 11) is 0. The fraction of sp³-hybridized carbons (Fsp3) is 0.727. The van der Waals surface area contributed by atoms with E-state index in [4.69, 9.17) is 16.2 Å². The molecule has 1 unspecified atom stereocenters. The molecule has 0 bridgehead atoms. The maximum Gasteiger partial charge on any atom is 0.318 e. The molecule has 0 aromatic heterocycles. The van der Waals surface area contributed by atoms with E-state index in [1.54, 1.807) is 0 Å². The highest BCUT2D eigenvalue weighted by Gasteiger charge is 2.52. The molecule has 1 saturated heterocycles. The van der Waals surface area contributed by atoms with Gasteiger partial charge in [0.2, 0.25) is 0 Å². The number of nitrogens with zero attached hydrogens (tertiary/aromatic N) is 1. The maximum atomic E-state index is 11.7. The number of carbonyl (C=O) groups is 3. The van der Waals surface area contributed by atoms with Crippen LogP contribution in [0.2, 0.25) is 0 Å². The van der Waals surface area contributed by atoms with Crippen molar-refractivity contribution in [2.75, 3.05) is 6.54 Å². The van der Waals surface area contributed by atoms with Gasteiger partial charge in [-0.1, -0.05) is 0 Å². The van der Waals surface area contributed by atoms with Crippen LogP contribution >= 0.6 is 0 Å². The van der Waals surface area contributed by atoms with Crippen LogP contribution in [0.25, 0.3) is 0 Å². The van der Waals surface area contributed by atoms with E-state index in [-0.39, 0.29) is 19.4 Å². The third-order valence-electron chi connectivity index (χ3n) is 3.42. The van der Waals surface area contributed by atoms with Crippen LogP contribution in [0, 0.1) is 5.92 Å². The van der Waals surface area contributed by atoms with Crippen molar-refractivity contribution in [1.82, 2.24) is 4.90 Å². The van der Waals surface area contributed by atoms with Gasteiger partial charge >= 0.3 is 12.0 Å². The number of carbonyl (C=O) groups excluding carboxylic acids is 3. The van der Waals surface area contributed by atoms with Crippen molar-refractivity contribution in [3.8, 4) is 0 Å². The summed E-state index contributed by atoms with van der Waals surface area (Å²) in [4.78, 5) is 35.6. The molecule has 18 heavy (non-hydrogen) atoms. The Kier molecular flexibility index (Phi) is 3.14. The summed E-state index contributed by atoms with van der Waals surface area (Å²) >= 11 is 0. The zero-order valence-electron chi connectivity index (χ0n) is 10.1. The predicted octanol–water partition coefficient (Wildman–Crippen LogP) is -0.314. The average molecular weight is 255 g/mol. The fourth-order valence-corrected chi connectivity index (χ4v) is 2.28. The van der Waals surface area contributed by atoms with Crippen molar-refractivity contribution in [3.05, 3.63) is 0 Å². The Labute approximate surface area is 104 Å². The van der Waals surface area contributed by atoms with Gasteiger partial charge in [-0.2, -0.15) is 0 Å². The molecule has 1 aliphatic carbocycles. The molecular formula is C11H17N3O4. The van der Waals surface area contributed by atoms with Gasteiger partial charge in [0.15, 0.2) is 0 Å². The second kappa shape index (κ2) is 4.47. The van der Waals surface area contributed by atoms with Gasteiger partial charge in [-0.25, -0.2) is 4.79 Å². The Morgan fingerprint density at radius 1 is 1.28 bits per heavy atom. The number of hydrogen-bond acceptors (Lipinski definition) is 4. The van der Waals surface area contributed by atoms with Crippen LogP contribution in [0.15, 0.2) is 0 Å². The van der Waals surface area contributed by atoms with Gasteiger partial charge in [-0.15, -0.1) is 0 Å². The number of nitrogens with two attached hydrogens (primary N) is 2. The molecule has 0 aromatic rings. The Balaban J connectivity index is 2.12. The number of esters is 1. The van der Waals surface area contributed by atoms with E-state index in [0.717, 1.165) is 17.7 Å². The molecule has 7 heteroatoms. The third-order valence-corrected chi connectivity index (χ3v) is 3.42. The standard InChI is InChI=1S/C11H17N3O4/c12-9(16)11(4-1-5-14(11)10(13)17)18-8(15)6-7-2-3-7/h7H,1-6H2,(H2,12,16)(H2,13,17). The lowest BCUT2D eigenvalue weighted by Gasteiger charge is -2.33. The highest BCUT2D eigenvalue weighted by Crippen LogP contribution is 2.35. The van der Waals surface area contributed by atoms with Gasteiger partial charge in [0.1, 0.15) is 0 Å². The van der Waals surface area contributed by atoms with E-state index in [2.05, 4.69) is 0 Å². The van der Waals surface area contributed by atoms with E-state index in [0.29, 0.717) is 12.3 Å². The molecule has 0 aromatic carbocycles. The molecule has 0 spiro atoms. The smallest absolute Gasteiger partial charge is 0.318 e. The minimum Gasteiger partial charge on any atom is -0.429 e. The zero-order valence-corrected chi connectivity index (χ0v) is 10.1. The molecule has 1 aliphatic heterocycles. The van der Waals surface area contributed by atoms with Gasteiger partial charge in [0.25, 0.3) is 11.6 Å². The lowest BCUT2D eigenvalue weighted by atomic mass is 10.1. The average Bonchev–Trinajstić information content (AvgIpc) is 2.95. The molecule has 1 heterocycles. The molecule has 7 nitrogen and oxygen atoms in total. The SMILES string of the molecule is NC(=O)N1CCCC1(OC(=O)CC1CC1)C(N)=O. The Morgan fingerprint density at radius 2 is 1.94 bits per heavy atom. The maximum absolute atomic E-state index is 11.7. The summed E-state index contributed by atoms with van der Waals surface area (Å²) in [5.74, 6) is -1.00. The molecule has 2 aliphatic rings. The number of urea groups is 1. The molecule has 2 rings (SSSR count). The number of hydrogen-bond donors (Lipinski definition) is 2. The van der Waals surface area contributed by atoms with Gasteiger partial charge in [-0.3, -0.25) is 14.5 Å². The molecule has 1 atom stereocenters. The van der Waals surface area contributed by atoms with Crippen molar-refractivity contribution in [1.29, 1.82) is 0 Å². The molecule has 0 radical (unpaired) electrons. The van der Waals surface area contributed by atoms with Crippen molar-refractivity contribution in [3.63, 3.8) is 0 Å². The minimum absolute atomic E-state index is 0.210. The van der Waals surface area contributed by atoms with Gasteiger partial charge < -0.3 is 16.2 Å². The number of primary amides is 2. The van der Waals surface area contributed by atoms with Gasteiger partial charge in [-0.05, 0) is 25.2 Å². The van der Waals surface area contributed by atoms with Crippen LogP contribution in [-0.4, -0.2) is 35.1 Å². The Bertz CT molecular complexity index is 394. The van der Waals surface area contributed by atoms with E-state index >= 15 is 0 Å². The molecule has 4 N–H and O–H groups in total. The van der Waals surface area contributed by atoms with Crippen LogP contribution in [-0.2, 0) is 14.3 Å². The van der Waals surface area contributed by atoms with E-state index in [1.165, 1.54) is 0 Å². The summed E-state index contributed by atoms with van der Waals surface area (Å²) in [5, 5.41) is 0. The van der Waals surface area contributed by atoms with E-state index in [9.17, 15) is 14.4 Å². The summed E-state index contributed by atoms with van der Waals surface area (Å²) < 4.78 is 5.20. The summed E-state index contributed by atoms with van der Waals surface area (Å²) in [6, 6.07) is -0.800. The lowest BCUT2D eigenvalue weighted by Crippen LogP contribution is -2.59. The number of amides is 3. The number of likely N-dealkylation sites (tertiary alicyclic amines) is 1. The van der Waals surface area contributed by atoms with Crippen LogP contribution in [0.4, 0.5) is 4.79 Å². The van der Waals surface area contributed by atoms with Crippen molar-refractivity contribution in [2.45, 2.75) is 37.8 Å². The minimum atomic E-state index is -1.68. The number of rotatable bonds is 4. The lowest BCUT2D eigenvalue weighted by molar-refractivity contribution is -0.180. The summed E-state index contributed by atoms with van der Waals surface area (Å²) in [6.07, 6.45) is 3.00. The zero-order chi connectivity index (χ0) is 13.3. The molecular weight excluding hydrogens is 238 g/mol. The van der Waals surface area contributed by atoms with Crippen LogP contribution in [0.5, 0.6) is 0 Å². The fourth-order valence-electron chi connectivity index (χ4n) is 2.28.